The third kappa shape index (κ3) is 2.52. The molecule has 0 bridgehead atoms. The van der Waals surface area contributed by atoms with Crippen LogP contribution in [0.1, 0.15) is 22.3 Å². The van der Waals surface area contributed by atoms with Crippen molar-refractivity contribution in [2.24, 2.45) is 7.05 Å². The Morgan fingerprint density at radius 1 is 1.42 bits per heavy atom. The molecule has 0 fully saturated rings. The summed E-state index contributed by atoms with van der Waals surface area (Å²) >= 11 is 0. The molecule has 1 heterocycles. The second-order valence-electron chi connectivity index (χ2n) is 4.52. The fraction of sp³-hybridized carbons (Fsp3) is 0.286. The summed E-state index contributed by atoms with van der Waals surface area (Å²) in [5.74, 6) is 0.598. The summed E-state index contributed by atoms with van der Waals surface area (Å²) in [6, 6.07) is 8.15. The summed E-state index contributed by atoms with van der Waals surface area (Å²) in [4.78, 5) is 0. The van der Waals surface area contributed by atoms with Crippen LogP contribution in [0.5, 0.6) is 5.88 Å². The monoisotopic (exact) mass is 256 g/mol. The number of hydrogen-bond acceptors (Lipinski definition) is 4. The second kappa shape index (κ2) is 5.02. The van der Waals surface area contributed by atoms with Crippen LogP contribution < -0.4 is 10.5 Å². The molecule has 0 aliphatic heterocycles. The minimum Gasteiger partial charge on any atom is -0.471 e. The minimum absolute atomic E-state index is 0.280. The number of anilines is 1. The number of hydrogen-bond donors (Lipinski definition) is 1. The lowest BCUT2D eigenvalue weighted by atomic mass is 10.1. The van der Waals surface area contributed by atoms with E-state index in [0.717, 1.165) is 11.1 Å². The Balaban J connectivity index is 2.19. The molecule has 0 saturated carbocycles. The lowest BCUT2D eigenvalue weighted by Gasteiger charge is -2.07. The number of aryl methyl sites for hydroxylation is 3. The van der Waals surface area contributed by atoms with E-state index in [4.69, 9.17) is 15.7 Å². The molecule has 1 aromatic heterocycles. The first-order chi connectivity index (χ1) is 9.02. The van der Waals surface area contributed by atoms with Gasteiger partial charge in [-0.05, 0) is 25.0 Å². The molecular formula is C14H16N4O. The zero-order valence-electron chi connectivity index (χ0n) is 11.3. The Morgan fingerprint density at radius 2 is 2.16 bits per heavy atom. The van der Waals surface area contributed by atoms with Crippen molar-refractivity contribution >= 4 is 5.82 Å². The zero-order valence-corrected chi connectivity index (χ0v) is 11.3. The van der Waals surface area contributed by atoms with Gasteiger partial charge in [0.1, 0.15) is 18.5 Å². The van der Waals surface area contributed by atoms with Crippen molar-refractivity contribution in [2.45, 2.75) is 20.5 Å². The van der Waals surface area contributed by atoms with Gasteiger partial charge in [0, 0.05) is 7.05 Å². The molecule has 0 radical (unpaired) electrons. The van der Waals surface area contributed by atoms with Crippen LogP contribution in [0, 0.1) is 25.2 Å². The van der Waals surface area contributed by atoms with E-state index in [1.54, 1.807) is 7.05 Å². The SMILES string of the molecule is Cc1ccc(COc2nn(C)c(N)c2C#N)c(C)c1. The van der Waals surface area contributed by atoms with Gasteiger partial charge in [0.2, 0.25) is 0 Å². The molecule has 0 unspecified atom stereocenters. The first kappa shape index (κ1) is 13.0. The van der Waals surface area contributed by atoms with Crippen molar-refractivity contribution in [1.82, 2.24) is 9.78 Å². The molecule has 2 aromatic rings. The topological polar surface area (TPSA) is 76.9 Å². The predicted molar refractivity (Wildman–Crippen MR) is 72.6 cm³/mol. The van der Waals surface area contributed by atoms with Crippen molar-refractivity contribution in [2.75, 3.05) is 5.73 Å². The van der Waals surface area contributed by atoms with Crippen LogP contribution in [0.3, 0.4) is 0 Å². The van der Waals surface area contributed by atoms with Crippen LogP contribution >= 0.6 is 0 Å². The highest BCUT2D eigenvalue weighted by Crippen LogP contribution is 2.23. The minimum atomic E-state index is 0.280. The van der Waals surface area contributed by atoms with Gasteiger partial charge >= 0.3 is 0 Å². The maximum atomic E-state index is 9.04. The summed E-state index contributed by atoms with van der Waals surface area (Å²) in [7, 11) is 1.68. The van der Waals surface area contributed by atoms with Gasteiger partial charge in [0.25, 0.3) is 5.88 Å². The van der Waals surface area contributed by atoms with Gasteiger partial charge in [-0.2, -0.15) is 5.26 Å². The average molecular weight is 256 g/mol. The van der Waals surface area contributed by atoms with Crippen molar-refractivity contribution in [3.63, 3.8) is 0 Å². The standard InChI is InChI=1S/C14H16N4O/c1-9-4-5-11(10(2)6-9)8-19-14-12(7-15)13(16)18(3)17-14/h4-6H,8,16H2,1-3H3. The quantitative estimate of drug-likeness (QED) is 0.912. The number of nitrogens with two attached hydrogens (primary N) is 1. The van der Waals surface area contributed by atoms with E-state index >= 15 is 0 Å². The number of rotatable bonds is 3. The lowest BCUT2D eigenvalue weighted by Crippen LogP contribution is -2.00. The number of nitrogen functional groups attached to an aromatic ring is 1. The number of nitriles is 1. The highest BCUT2D eigenvalue weighted by molar-refractivity contribution is 5.55. The summed E-state index contributed by atoms with van der Waals surface area (Å²) in [6.07, 6.45) is 0. The van der Waals surface area contributed by atoms with E-state index in [1.165, 1.54) is 10.2 Å². The highest BCUT2D eigenvalue weighted by atomic mass is 16.5. The summed E-state index contributed by atoms with van der Waals surface area (Å²) in [5, 5.41) is 13.1. The van der Waals surface area contributed by atoms with E-state index in [0.29, 0.717) is 12.4 Å². The smallest absolute Gasteiger partial charge is 0.253 e. The molecule has 2 rings (SSSR count). The third-order valence-corrected chi connectivity index (χ3v) is 3.03. The third-order valence-electron chi connectivity index (χ3n) is 3.03. The number of aromatic nitrogens is 2. The van der Waals surface area contributed by atoms with E-state index in [-0.39, 0.29) is 11.4 Å². The van der Waals surface area contributed by atoms with E-state index in [9.17, 15) is 0 Å². The largest absolute Gasteiger partial charge is 0.471 e. The van der Waals surface area contributed by atoms with Crippen LogP contribution in [0.15, 0.2) is 18.2 Å². The molecule has 1 aromatic carbocycles. The molecule has 0 saturated heterocycles. The van der Waals surface area contributed by atoms with Gasteiger partial charge in [-0.15, -0.1) is 5.10 Å². The van der Waals surface area contributed by atoms with Crippen LogP contribution in [0.4, 0.5) is 5.82 Å². The fourth-order valence-corrected chi connectivity index (χ4v) is 1.87. The second-order valence-corrected chi connectivity index (χ2v) is 4.52. The van der Waals surface area contributed by atoms with Gasteiger partial charge < -0.3 is 10.5 Å². The Hall–Kier alpha value is -2.48. The normalized spacial score (nSPS) is 10.2. The van der Waals surface area contributed by atoms with E-state index in [2.05, 4.69) is 11.2 Å². The first-order valence-electron chi connectivity index (χ1n) is 5.94. The van der Waals surface area contributed by atoms with E-state index < -0.39 is 0 Å². The molecule has 19 heavy (non-hydrogen) atoms. The lowest BCUT2D eigenvalue weighted by molar-refractivity contribution is 0.289. The molecule has 0 atom stereocenters. The summed E-state index contributed by atoms with van der Waals surface area (Å²) < 4.78 is 7.04. The zero-order chi connectivity index (χ0) is 14.0. The molecule has 98 valence electrons. The maximum Gasteiger partial charge on any atom is 0.253 e. The Bertz CT molecular complexity index is 652. The van der Waals surface area contributed by atoms with Crippen molar-refractivity contribution < 1.29 is 4.74 Å². The van der Waals surface area contributed by atoms with Crippen LogP contribution in [0.25, 0.3) is 0 Å². The first-order valence-corrected chi connectivity index (χ1v) is 5.94. The number of nitrogens with zero attached hydrogens (tertiary/aromatic N) is 3. The van der Waals surface area contributed by atoms with Crippen molar-refractivity contribution in [1.29, 1.82) is 5.26 Å². The molecule has 5 heteroatoms. The van der Waals surface area contributed by atoms with Crippen molar-refractivity contribution in [3.05, 3.63) is 40.5 Å². The van der Waals surface area contributed by atoms with Crippen LogP contribution in [-0.4, -0.2) is 9.78 Å². The van der Waals surface area contributed by atoms with Gasteiger partial charge in [0.05, 0.1) is 0 Å². The van der Waals surface area contributed by atoms with E-state index in [1.807, 2.05) is 32.0 Å². The molecule has 0 aliphatic carbocycles. The van der Waals surface area contributed by atoms with Gasteiger partial charge in [0.15, 0.2) is 5.56 Å². The molecule has 0 amide bonds. The summed E-state index contributed by atoms with van der Waals surface area (Å²) in [5.41, 5.74) is 9.45. The van der Waals surface area contributed by atoms with Crippen LogP contribution in [-0.2, 0) is 13.7 Å². The number of benzene rings is 1. The molecule has 0 spiro atoms. The molecule has 0 aliphatic rings. The Morgan fingerprint density at radius 3 is 2.79 bits per heavy atom. The fourth-order valence-electron chi connectivity index (χ4n) is 1.87. The molecule has 5 nitrogen and oxygen atoms in total. The highest BCUT2D eigenvalue weighted by Gasteiger charge is 2.15. The molecular weight excluding hydrogens is 240 g/mol. The Kier molecular flexibility index (Phi) is 3.43. The average Bonchev–Trinajstić information content (AvgIpc) is 2.63. The Labute approximate surface area is 112 Å². The maximum absolute atomic E-state index is 9.04. The number of ether oxygens (including phenoxy) is 1. The van der Waals surface area contributed by atoms with Gasteiger partial charge in [-0.3, -0.25) is 0 Å². The summed E-state index contributed by atoms with van der Waals surface area (Å²) in [6.45, 7) is 4.45. The predicted octanol–water partition coefficient (Wildman–Crippen LogP) is 2.07. The van der Waals surface area contributed by atoms with Crippen LogP contribution in [0.2, 0.25) is 0 Å². The molecule has 2 N–H and O–H groups in total. The van der Waals surface area contributed by atoms with Gasteiger partial charge in [-0.1, -0.05) is 23.8 Å². The van der Waals surface area contributed by atoms with Gasteiger partial charge in [-0.25, -0.2) is 4.68 Å². The van der Waals surface area contributed by atoms with Crippen molar-refractivity contribution in [3.8, 4) is 11.9 Å².